The molecule has 6 rings (SSSR count). The number of rotatable bonds is 4. The van der Waals surface area contributed by atoms with Gasteiger partial charge in [-0.1, -0.05) is 140 Å². The van der Waals surface area contributed by atoms with Crippen molar-refractivity contribution < 1.29 is 17.0 Å². The van der Waals surface area contributed by atoms with Crippen molar-refractivity contribution in [3.05, 3.63) is 10.6 Å². The van der Waals surface area contributed by atoms with Crippen LogP contribution in [0.4, 0.5) is 0 Å². The molecule has 9 unspecified atom stereocenters. The van der Waals surface area contributed by atoms with Gasteiger partial charge in [0.25, 0.3) is 0 Å². The second-order valence-corrected chi connectivity index (χ2v) is 15.7. The predicted octanol–water partition coefficient (Wildman–Crippen LogP) is 10.2. The molecule has 0 heterocycles. The van der Waals surface area contributed by atoms with Crippen molar-refractivity contribution in [2.45, 2.75) is 153 Å². The Morgan fingerprint density at radius 2 is 0.857 bits per heavy atom. The average Bonchev–Trinajstić information content (AvgIpc) is 2.90. The number of nitrogens with zero attached hydrogens (tertiary/aromatic N) is 2. The molecule has 0 aliphatic heterocycles. The van der Waals surface area contributed by atoms with Gasteiger partial charge in [-0.2, -0.15) is 12.1 Å². The molecule has 0 aromatic carbocycles. The standard InChI is InChI=1S/C30H50N2.2ClH.Ti/c1-4-14-24-21(10-1)13-9-19-27(24)31-28-17-7-8-18-29(28)32-30-25-15-5-2-11-22(25)20-23-12-3-6-16-26(23)30;;;/h21-30H,1-20H2;2*1H;/q-2;;;+2/p-2. The van der Waals surface area contributed by atoms with E-state index in [9.17, 15) is 0 Å². The fourth-order valence-corrected chi connectivity index (χ4v) is 9.88. The molecule has 0 amide bonds. The summed E-state index contributed by atoms with van der Waals surface area (Å²) in [6.07, 6.45) is 29.3. The summed E-state index contributed by atoms with van der Waals surface area (Å²) in [5.41, 5.74) is 0. The molecule has 6 aliphatic carbocycles. The van der Waals surface area contributed by atoms with Gasteiger partial charge in [-0.3, -0.25) is 0 Å². The average molecular weight is 558 g/mol. The monoisotopic (exact) mass is 556 g/mol. The van der Waals surface area contributed by atoms with Gasteiger partial charge in [0.05, 0.1) is 0 Å². The molecule has 0 bridgehead atoms. The van der Waals surface area contributed by atoms with Crippen LogP contribution in [0, 0.1) is 35.5 Å². The van der Waals surface area contributed by atoms with Crippen LogP contribution in [0.15, 0.2) is 0 Å². The normalized spacial score (nSPS) is 45.7. The van der Waals surface area contributed by atoms with E-state index in [-0.39, 0.29) is 0 Å². The zero-order valence-corrected chi connectivity index (χ0v) is 25.1. The van der Waals surface area contributed by atoms with Gasteiger partial charge in [-0.15, -0.1) is 12.1 Å². The Hall–Kier alpha value is 1.21. The van der Waals surface area contributed by atoms with Crippen LogP contribution < -0.4 is 0 Å². The van der Waals surface area contributed by atoms with Crippen LogP contribution >= 0.6 is 18.6 Å². The molecular weight excluding hydrogens is 507 g/mol. The van der Waals surface area contributed by atoms with Crippen LogP contribution in [-0.4, -0.2) is 24.2 Å². The first kappa shape index (κ1) is 27.8. The van der Waals surface area contributed by atoms with E-state index in [0.29, 0.717) is 24.2 Å². The minimum absolute atomic E-state index is 0.556. The SMILES string of the molecule is C1CCC2C(C1)CCCC2[N-]C1CCCCC1[N-]C1C2CCCCC2CC2CCCCC21.[Cl][Ti][Cl]. The topological polar surface area (TPSA) is 28.2 Å². The Bertz CT molecular complexity index is 611. The van der Waals surface area contributed by atoms with E-state index in [4.69, 9.17) is 29.2 Å². The molecule has 0 radical (unpaired) electrons. The molecule has 6 aliphatic rings. The fourth-order valence-electron chi connectivity index (χ4n) is 9.88. The number of fused-ring (bicyclic) bond motifs is 3. The molecule has 2 nitrogen and oxygen atoms in total. The van der Waals surface area contributed by atoms with Gasteiger partial charge in [0.15, 0.2) is 0 Å². The predicted molar refractivity (Wildman–Crippen MR) is 147 cm³/mol. The minimum atomic E-state index is -0.556. The van der Waals surface area contributed by atoms with Gasteiger partial charge < -0.3 is 10.6 Å². The van der Waals surface area contributed by atoms with E-state index in [2.05, 4.69) is 0 Å². The van der Waals surface area contributed by atoms with Crippen LogP contribution in [0.3, 0.4) is 0 Å². The summed E-state index contributed by atoms with van der Waals surface area (Å²) in [4.78, 5) is 0. The summed E-state index contributed by atoms with van der Waals surface area (Å²) in [5, 5.41) is 11.7. The Morgan fingerprint density at radius 3 is 1.49 bits per heavy atom. The number of hydrogen-bond donors (Lipinski definition) is 0. The third kappa shape index (κ3) is 6.87. The van der Waals surface area contributed by atoms with Crippen LogP contribution in [0.5, 0.6) is 0 Å². The molecule has 0 N–H and O–H groups in total. The van der Waals surface area contributed by atoms with Crippen molar-refractivity contribution in [2.24, 2.45) is 35.5 Å². The van der Waals surface area contributed by atoms with Crippen molar-refractivity contribution in [3.8, 4) is 0 Å². The second-order valence-electron chi connectivity index (χ2n) is 13.1. The third-order valence-corrected chi connectivity index (χ3v) is 11.4. The van der Waals surface area contributed by atoms with E-state index in [1.807, 2.05) is 0 Å². The summed E-state index contributed by atoms with van der Waals surface area (Å²) in [7, 11) is 9.78. The molecule has 0 aromatic heterocycles. The number of halogens is 2. The fraction of sp³-hybridized carbons (Fsp3) is 1.00. The van der Waals surface area contributed by atoms with Crippen molar-refractivity contribution in [2.75, 3.05) is 0 Å². The summed E-state index contributed by atoms with van der Waals surface area (Å²) in [6.45, 7) is 0. The molecular formula is C30H50Cl2N2Ti-2. The molecule has 6 saturated carbocycles. The van der Waals surface area contributed by atoms with Crippen molar-refractivity contribution in [1.82, 2.24) is 0 Å². The van der Waals surface area contributed by atoms with Gasteiger partial charge in [0.1, 0.15) is 0 Å². The van der Waals surface area contributed by atoms with Crippen LogP contribution in [0.1, 0.15) is 128 Å². The number of hydrogen-bond acceptors (Lipinski definition) is 0. The first-order valence-electron chi connectivity index (χ1n) is 15.6. The molecule has 0 aromatic rings. The molecule has 35 heavy (non-hydrogen) atoms. The zero-order chi connectivity index (χ0) is 24.0. The Kier molecular flexibility index (Phi) is 11.1. The Morgan fingerprint density at radius 1 is 0.429 bits per heavy atom. The first-order valence-corrected chi connectivity index (χ1v) is 19.9. The molecule has 5 heteroatoms. The maximum atomic E-state index is 5.92. The van der Waals surface area contributed by atoms with Crippen molar-refractivity contribution in [3.63, 3.8) is 0 Å². The van der Waals surface area contributed by atoms with E-state index in [1.54, 1.807) is 6.42 Å². The third-order valence-electron chi connectivity index (χ3n) is 11.4. The van der Waals surface area contributed by atoms with Gasteiger partial charge in [0.2, 0.25) is 0 Å². The van der Waals surface area contributed by atoms with E-state index >= 15 is 0 Å². The molecule has 0 saturated heterocycles. The van der Waals surface area contributed by atoms with Gasteiger partial charge in [-0.25, -0.2) is 0 Å². The van der Waals surface area contributed by atoms with E-state index in [1.165, 1.54) is 122 Å². The Labute approximate surface area is 233 Å². The maximum absolute atomic E-state index is 5.92. The molecule has 9 atom stereocenters. The van der Waals surface area contributed by atoms with Crippen LogP contribution in [-0.2, 0) is 17.0 Å². The molecule has 200 valence electrons. The molecule has 6 fully saturated rings. The molecule has 0 spiro atoms. The van der Waals surface area contributed by atoms with Crippen LogP contribution in [0.2, 0.25) is 0 Å². The van der Waals surface area contributed by atoms with Gasteiger partial charge >= 0.3 is 35.6 Å². The zero-order valence-electron chi connectivity index (χ0n) is 22.1. The Balaban J connectivity index is 0.000000806. The summed E-state index contributed by atoms with van der Waals surface area (Å²) < 4.78 is 0. The van der Waals surface area contributed by atoms with Crippen molar-refractivity contribution >= 4 is 18.6 Å². The van der Waals surface area contributed by atoms with Crippen molar-refractivity contribution in [1.29, 1.82) is 0 Å². The quantitative estimate of drug-likeness (QED) is 0.308. The second kappa shape index (κ2) is 14.0. The van der Waals surface area contributed by atoms with E-state index in [0.717, 1.165) is 35.5 Å². The van der Waals surface area contributed by atoms with Gasteiger partial charge in [0, 0.05) is 0 Å². The van der Waals surface area contributed by atoms with Gasteiger partial charge in [-0.05, 0) is 24.2 Å². The van der Waals surface area contributed by atoms with Crippen LogP contribution in [0.25, 0.3) is 10.6 Å². The van der Waals surface area contributed by atoms with E-state index < -0.39 is 17.0 Å². The first-order chi connectivity index (χ1) is 17.3. The summed E-state index contributed by atoms with van der Waals surface area (Å²) >= 11 is -0.556. The summed E-state index contributed by atoms with van der Waals surface area (Å²) in [5.74, 6) is 5.83. The summed E-state index contributed by atoms with van der Waals surface area (Å²) in [6, 6.07) is 2.53.